The number of alkyl halides is 1. The summed E-state index contributed by atoms with van der Waals surface area (Å²) in [6.07, 6.45) is 1.54. The third-order valence-corrected chi connectivity index (χ3v) is 3.93. The van der Waals surface area contributed by atoms with Crippen LogP contribution in [0.3, 0.4) is 0 Å². The van der Waals surface area contributed by atoms with Crippen molar-refractivity contribution >= 4 is 23.2 Å². The normalized spacial score (nSPS) is 24.0. The number of hydrogen-bond acceptors (Lipinski definition) is 4. The van der Waals surface area contributed by atoms with E-state index in [0.29, 0.717) is 23.3 Å². The Balaban J connectivity index is 1.72. The molecule has 1 aliphatic rings. The number of nitrogens with zero attached hydrogens (tertiary/aromatic N) is 3. The predicted molar refractivity (Wildman–Crippen MR) is 79.2 cm³/mol. The van der Waals surface area contributed by atoms with Gasteiger partial charge in [0.05, 0.1) is 0 Å². The van der Waals surface area contributed by atoms with Crippen LogP contribution < -0.4 is 5.32 Å². The van der Waals surface area contributed by atoms with Crippen molar-refractivity contribution in [3.05, 3.63) is 21.9 Å². The van der Waals surface area contributed by atoms with Gasteiger partial charge in [0.2, 0.25) is 0 Å². The second-order valence-electron chi connectivity index (χ2n) is 5.29. The van der Waals surface area contributed by atoms with Crippen molar-refractivity contribution in [2.45, 2.75) is 31.5 Å². The Bertz CT molecular complexity index is 436. The summed E-state index contributed by atoms with van der Waals surface area (Å²) in [5.74, 6) is 0. The molecule has 2 rings (SSSR count). The summed E-state index contributed by atoms with van der Waals surface area (Å²) in [6, 6.07) is 1.96. The molecule has 0 saturated carbocycles. The van der Waals surface area contributed by atoms with E-state index < -0.39 is 6.17 Å². The molecule has 1 aromatic rings. The summed E-state index contributed by atoms with van der Waals surface area (Å²) in [7, 11) is 1.95. The fraction of sp³-hybridized carbons (Fsp3) is 0.692. The summed E-state index contributed by atoms with van der Waals surface area (Å²) in [4.78, 5) is 2.02. The minimum atomic E-state index is -0.733. The highest BCUT2D eigenvalue weighted by Gasteiger charge is 2.24. The maximum Gasteiger partial charge on any atom is 0.155 e. The summed E-state index contributed by atoms with van der Waals surface area (Å²) < 4.78 is 13.4. The number of piperidine rings is 1. The Morgan fingerprint density at radius 3 is 2.95 bits per heavy atom. The van der Waals surface area contributed by atoms with Crippen LogP contribution >= 0.6 is 23.2 Å². The monoisotopic (exact) mass is 320 g/mol. The lowest BCUT2D eigenvalue weighted by atomic mass is 10.0. The average molecular weight is 321 g/mol. The third-order valence-electron chi connectivity index (χ3n) is 3.43. The molecule has 1 saturated heterocycles. The molecular weight excluding hydrogens is 302 g/mol. The van der Waals surface area contributed by atoms with Crippen molar-refractivity contribution < 1.29 is 4.39 Å². The van der Waals surface area contributed by atoms with Crippen LogP contribution in [0.1, 0.15) is 18.4 Å². The van der Waals surface area contributed by atoms with E-state index in [0.717, 1.165) is 31.5 Å². The van der Waals surface area contributed by atoms with Crippen molar-refractivity contribution in [3.8, 4) is 0 Å². The zero-order valence-electron chi connectivity index (χ0n) is 11.5. The van der Waals surface area contributed by atoms with Gasteiger partial charge in [0.1, 0.15) is 6.17 Å². The first-order valence-corrected chi connectivity index (χ1v) is 7.54. The molecule has 0 amide bonds. The highest BCUT2D eigenvalue weighted by Crippen LogP contribution is 2.17. The van der Waals surface area contributed by atoms with E-state index in [4.69, 9.17) is 23.2 Å². The van der Waals surface area contributed by atoms with Crippen molar-refractivity contribution in [3.63, 3.8) is 0 Å². The first kappa shape index (κ1) is 15.9. The van der Waals surface area contributed by atoms with E-state index in [1.807, 2.05) is 11.9 Å². The van der Waals surface area contributed by atoms with Gasteiger partial charge in [0.25, 0.3) is 0 Å². The van der Waals surface area contributed by atoms with Gasteiger partial charge >= 0.3 is 0 Å². The van der Waals surface area contributed by atoms with Crippen LogP contribution in [0.4, 0.5) is 4.39 Å². The number of aryl methyl sites for hydroxylation is 1. The Labute approximate surface area is 128 Å². The third kappa shape index (κ3) is 4.81. The number of likely N-dealkylation sites (tertiary alicyclic amines) is 1. The molecule has 0 spiro atoms. The van der Waals surface area contributed by atoms with Crippen molar-refractivity contribution in [1.82, 2.24) is 20.4 Å². The van der Waals surface area contributed by atoms with Gasteiger partial charge in [-0.3, -0.25) is 0 Å². The molecule has 4 nitrogen and oxygen atoms in total. The lowest BCUT2D eigenvalue weighted by Crippen LogP contribution is -2.48. The van der Waals surface area contributed by atoms with E-state index in [-0.39, 0.29) is 6.04 Å². The molecule has 0 radical (unpaired) electrons. The fourth-order valence-corrected chi connectivity index (χ4v) is 2.90. The molecule has 2 atom stereocenters. The Kier molecular flexibility index (Phi) is 5.96. The van der Waals surface area contributed by atoms with Crippen LogP contribution in [0.5, 0.6) is 0 Å². The van der Waals surface area contributed by atoms with Gasteiger partial charge < -0.3 is 10.2 Å². The topological polar surface area (TPSA) is 41.0 Å². The van der Waals surface area contributed by atoms with Gasteiger partial charge in [-0.15, -0.1) is 10.2 Å². The summed E-state index contributed by atoms with van der Waals surface area (Å²) in [6.45, 7) is 2.25. The van der Waals surface area contributed by atoms with Crippen molar-refractivity contribution in [2.75, 3.05) is 26.7 Å². The highest BCUT2D eigenvalue weighted by atomic mass is 35.5. The highest BCUT2D eigenvalue weighted by molar-refractivity contribution is 6.31. The first-order valence-electron chi connectivity index (χ1n) is 6.78. The quantitative estimate of drug-likeness (QED) is 0.845. The molecule has 1 aromatic heterocycles. The van der Waals surface area contributed by atoms with Crippen molar-refractivity contribution in [2.24, 2.45) is 0 Å². The molecule has 2 heterocycles. The number of hydrogen-bond donors (Lipinski definition) is 1. The minimum absolute atomic E-state index is 0.221. The van der Waals surface area contributed by atoms with Gasteiger partial charge in [-0.25, -0.2) is 4.39 Å². The second kappa shape index (κ2) is 7.50. The molecule has 0 bridgehead atoms. The number of aromatic nitrogens is 2. The van der Waals surface area contributed by atoms with Gasteiger partial charge in [0, 0.05) is 19.1 Å². The van der Waals surface area contributed by atoms with E-state index >= 15 is 0 Å². The molecule has 0 aliphatic carbocycles. The van der Waals surface area contributed by atoms with Gasteiger partial charge in [-0.1, -0.05) is 23.2 Å². The molecule has 0 unspecified atom stereocenters. The van der Waals surface area contributed by atoms with E-state index in [2.05, 4.69) is 15.5 Å². The SMILES string of the molecule is CN1C[C@H](F)C[C@@H](NCCCc2cc(Cl)nnc2Cl)C1. The maximum atomic E-state index is 13.4. The number of halogens is 3. The lowest BCUT2D eigenvalue weighted by Gasteiger charge is -2.32. The minimum Gasteiger partial charge on any atom is -0.313 e. The number of nitrogens with one attached hydrogen (secondary N) is 1. The van der Waals surface area contributed by atoms with Gasteiger partial charge in [-0.05, 0) is 44.5 Å². The molecule has 7 heteroatoms. The summed E-state index contributed by atoms with van der Waals surface area (Å²) in [5.41, 5.74) is 0.901. The molecular formula is C13H19Cl2FN4. The molecule has 0 aromatic carbocycles. The first-order chi connectivity index (χ1) is 9.54. The van der Waals surface area contributed by atoms with Crippen LogP contribution in [-0.4, -0.2) is 54.0 Å². The van der Waals surface area contributed by atoms with Crippen LogP contribution in [0, 0.1) is 0 Å². The zero-order valence-corrected chi connectivity index (χ0v) is 13.0. The smallest absolute Gasteiger partial charge is 0.155 e. The molecule has 20 heavy (non-hydrogen) atoms. The van der Waals surface area contributed by atoms with Gasteiger partial charge in [0.15, 0.2) is 10.3 Å². The van der Waals surface area contributed by atoms with E-state index in [9.17, 15) is 4.39 Å². The molecule has 1 aliphatic heterocycles. The van der Waals surface area contributed by atoms with Crippen molar-refractivity contribution in [1.29, 1.82) is 0 Å². The second-order valence-corrected chi connectivity index (χ2v) is 6.04. The Morgan fingerprint density at radius 2 is 2.20 bits per heavy atom. The van der Waals surface area contributed by atoms with Gasteiger partial charge in [-0.2, -0.15) is 0 Å². The van der Waals surface area contributed by atoms with E-state index in [1.54, 1.807) is 6.07 Å². The molecule has 1 fully saturated rings. The standard InChI is InChI=1S/C13H19Cl2FN4/c1-20-7-10(16)6-11(8-20)17-4-2-3-9-5-12(14)18-19-13(9)15/h5,10-11,17H,2-4,6-8H2,1H3/t10-,11-/m1/s1. The fourth-order valence-electron chi connectivity index (χ4n) is 2.54. The zero-order chi connectivity index (χ0) is 14.5. The lowest BCUT2D eigenvalue weighted by molar-refractivity contribution is 0.133. The van der Waals surface area contributed by atoms with E-state index in [1.165, 1.54) is 0 Å². The van der Waals surface area contributed by atoms with Crippen LogP contribution in [0.2, 0.25) is 10.3 Å². The van der Waals surface area contributed by atoms with Crippen LogP contribution in [0.15, 0.2) is 6.07 Å². The average Bonchev–Trinajstić information content (AvgIpc) is 2.37. The predicted octanol–water partition coefficient (Wildman–Crippen LogP) is 2.35. The van der Waals surface area contributed by atoms with Crippen LogP contribution in [-0.2, 0) is 6.42 Å². The summed E-state index contributed by atoms with van der Waals surface area (Å²) in [5, 5.41) is 11.6. The maximum absolute atomic E-state index is 13.4. The molecule has 112 valence electrons. The Hall–Kier alpha value is -0.490. The Morgan fingerprint density at radius 1 is 1.40 bits per heavy atom. The number of rotatable bonds is 5. The molecule has 1 N–H and O–H groups in total. The largest absolute Gasteiger partial charge is 0.313 e. The number of likely N-dealkylation sites (N-methyl/N-ethyl adjacent to an activating group) is 1. The van der Waals surface area contributed by atoms with Crippen LogP contribution in [0.25, 0.3) is 0 Å². The summed E-state index contributed by atoms with van der Waals surface area (Å²) >= 11 is 11.7.